The third-order valence-corrected chi connectivity index (χ3v) is 6.26. The summed E-state index contributed by atoms with van der Waals surface area (Å²) in [6.45, 7) is 2.83. The van der Waals surface area contributed by atoms with Crippen molar-refractivity contribution in [1.29, 1.82) is 0 Å². The van der Waals surface area contributed by atoms with Crippen LogP contribution in [0.4, 0.5) is 5.82 Å². The number of fused-ring (bicyclic) bond motifs is 1. The van der Waals surface area contributed by atoms with Gasteiger partial charge < -0.3 is 10.2 Å². The van der Waals surface area contributed by atoms with Crippen LogP contribution in [0, 0.1) is 0 Å². The summed E-state index contributed by atoms with van der Waals surface area (Å²) >= 11 is 1.69. The summed E-state index contributed by atoms with van der Waals surface area (Å²) in [7, 11) is 2.00. The van der Waals surface area contributed by atoms with E-state index in [4.69, 9.17) is 0 Å². The number of rotatable bonds is 8. The van der Waals surface area contributed by atoms with E-state index in [-0.39, 0.29) is 5.91 Å². The molecule has 3 aromatic rings. The van der Waals surface area contributed by atoms with Crippen LogP contribution >= 0.6 is 11.3 Å². The third kappa shape index (κ3) is 5.07. The Bertz CT molecular complexity index is 914. The van der Waals surface area contributed by atoms with Crippen LogP contribution in [0.3, 0.4) is 0 Å². The summed E-state index contributed by atoms with van der Waals surface area (Å²) in [5.41, 5.74) is 1.03. The van der Waals surface area contributed by atoms with Crippen LogP contribution in [0.15, 0.2) is 42.6 Å². The molecule has 0 bridgehead atoms. The van der Waals surface area contributed by atoms with Crippen LogP contribution in [0.2, 0.25) is 0 Å². The second-order valence-corrected chi connectivity index (χ2v) is 8.56. The molecule has 1 saturated heterocycles. The summed E-state index contributed by atoms with van der Waals surface area (Å²) in [6.07, 6.45) is 4.71. The molecule has 0 saturated carbocycles. The zero-order valence-electron chi connectivity index (χ0n) is 16.6. The van der Waals surface area contributed by atoms with E-state index in [1.165, 1.54) is 4.70 Å². The maximum Gasteiger partial charge on any atom is 0.234 e. The molecule has 3 heterocycles. The third-order valence-electron chi connectivity index (χ3n) is 5.16. The van der Waals surface area contributed by atoms with Gasteiger partial charge in [-0.3, -0.25) is 9.69 Å². The van der Waals surface area contributed by atoms with Crippen molar-refractivity contribution in [3.05, 3.63) is 47.6 Å². The van der Waals surface area contributed by atoms with Gasteiger partial charge in [-0.15, -0.1) is 16.4 Å². The highest BCUT2D eigenvalue weighted by Crippen LogP contribution is 2.23. The molecule has 1 aliphatic heterocycles. The predicted molar refractivity (Wildman–Crippen MR) is 116 cm³/mol. The molecule has 1 amide bonds. The normalized spacial score (nSPS) is 16.6. The van der Waals surface area contributed by atoms with Crippen LogP contribution in [0.1, 0.15) is 17.8 Å². The Balaban J connectivity index is 1.22. The van der Waals surface area contributed by atoms with Crippen molar-refractivity contribution < 1.29 is 4.79 Å². The lowest BCUT2D eigenvalue weighted by Crippen LogP contribution is -2.43. The molecule has 7 nitrogen and oxygen atoms in total. The molecule has 152 valence electrons. The fraction of sp³-hybridized carbons (Fsp3) is 0.429. The van der Waals surface area contributed by atoms with Gasteiger partial charge in [0.05, 0.1) is 21.8 Å². The van der Waals surface area contributed by atoms with E-state index in [9.17, 15) is 4.79 Å². The average molecular weight is 411 g/mol. The molecule has 0 radical (unpaired) electrons. The standard InChI is InChI=1S/C21H26N6OS/c1-26(14-16-6-5-13-27(16)19-9-4-11-23-25-19)15-20(28)22-12-10-21-24-17-7-2-3-8-18(17)29-21/h2-4,7-9,11,16H,5-6,10,12-15H2,1H3,(H,22,28). The second-order valence-electron chi connectivity index (χ2n) is 7.44. The molecule has 1 atom stereocenters. The van der Waals surface area contributed by atoms with Crippen LogP contribution in [0.5, 0.6) is 0 Å². The number of hydrogen-bond donors (Lipinski definition) is 1. The van der Waals surface area contributed by atoms with Crippen molar-refractivity contribution in [1.82, 2.24) is 25.4 Å². The number of amides is 1. The van der Waals surface area contributed by atoms with Gasteiger partial charge in [0.1, 0.15) is 0 Å². The van der Waals surface area contributed by atoms with E-state index in [1.54, 1.807) is 17.5 Å². The van der Waals surface area contributed by atoms with Gasteiger partial charge in [0.25, 0.3) is 0 Å². The van der Waals surface area contributed by atoms with Gasteiger partial charge in [-0.2, -0.15) is 5.10 Å². The lowest BCUT2D eigenvalue weighted by molar-refractivity contribution is -0.121. The number of hydrogen-bond acceptors (Lipinski definition) is 7. The number of thiazole rings is 1. The molecule has 0 spiro atoms. The van der Waals surface area contributed by atoms with Crippen molar-refractivity contribution in [3.8, 4) is 0 Å². The van der Waals surface area contributed by atoms with Crippen molar-refractivity contribution >= 4 is 33.3 Å². The van der Waals surface area contributed by atoms with Crippen molar-refractivity contribution in [2.24, 2.45) is 0 Å². The largest absolute Gasteiger partial charge is 0.355 e. The molecule has 1 aromatic carbocycles. The number of nitrogens with one attached hydrogen (secondary N) is 1. The monoisotopic (exact) mass is 410 g/mol. The Morgan fingerprint density at radius 1 is 1.31 bits per heavy atom. The van der Waals surface area contributed by atoms with E-state index in [2.05, 4.69) is 36.4 Å². The first-order chi connectivity index (χ1) is 14.2. The topological polar surface area (TPSA) is 74.2 Å². The van der Waals surface area contributed by atoms with Gasteiger partial charge in [0.2, 0.25) is 5.91 Å². The number of para-hydroxylation sites is 1. The summed E-state index contributed by atoms with van der Waals surface area (Å²) in [4.78, 5) is 21.3. The van der Waals surface area contributed by atoms with Crippen LogP contribution in [-0.2, 0) is 11.2 Å². The van der Waals surface area contributed by atoms with Gasteiger partial charge >= 0.3 is 0 Å². The summed E-state index contributed by atoms with van der Waals surface area (Å²) in [6, 6.07) is 12.4. The highest BCUT2D eigenvalue weighted by molar-refractivity contribution is 7.18. The van der Waals surface area contributed by atoms with Crippen molar-refractivity contribution in [3.63, 3.8) is 0 Å². The fourth-order valence-corrected chi connectivity index (χ4v) is 4.80. The fourth-order valence-electron chi connectivity index (χ4n) is 3.83. The lowest BCUT2D eigenvalue weighted by Gasteiger charge is -2.28. The summed E-state index contributed by atoms with van der Waals surface area (Å²) < 4.78 is 1.19. The maximum atomic E-state index is 12.3. The number of aromatic nitrogens is 3. The first kappa shape index (κ1) is 19.7. The van der Waals surface area contributed by atoms with Crippen LogP contribution < -0.4 is 10.2 Å². The SMILES string of the molecule is CN(CC(=O)NCCc1nc2ccccc2s1)CC1CCCN1c1cccnn1. The molecule has 2 aromatic heterocycles. The van der Waals surface area contributed by atoms with E-state index in [1.807, 2.05) is 37.4 Å². The average Bonchev–Trinajstić information content (AvgIpc) is 3.34. The van der Waals surface area contributed by atoms with Gasteiger partial charge in [-0.05, 0) is 44.2 Å². The number of anilines is 1. The quantitative estimate of drug-likeness (QED) is 0.614. The molecule has 4 rings (SSSR count). The zero-order valence-corrected chi connectivity index (χ0v) is 17.4. The van der Waals surface area contributed by atoms with Crippen molar-refractivity contribution in [2.45, 2.75) is 25.3 Å². The van der Waals surface area contributed by atoms with Gasteiger partial charge in [0.15, 0.2) is 5.82 Å². The van der Waals surface area contributed by atoms with E-state index >= 15 is 0 Å². The highest BCUT2D eigenvalue weighted by atomic mass is 32.1. The number of nitrogens with zero attached hydrogens (tertiary/aromatic N) is 5. The maximum absolute atomic E-state index is 12.3. The molecule has 8 heteroatoms. The van der Waals surface area contributed by atoms with Gasteiger partial charge in [0, 0.05) is 38.3 Å². The summed E-state index contributed by atoms with van der Waals surface area (Å²) in [5, 5.41) is 12.3. The zero-order chi connectivity index (χ0) is 20.1. The number of carbonyl (C=O) groups excluding carboxylic acids is 1. The Hall–Kier alpha value is -2.58. The second kappa shape index (κ2) is 9.28. The molecule has 1 N–H and O–H groups in total. The molecule has 1 unspecified atom stereocenters. The first-order valence-electron chi connectivity index (χ1n) is 10.0. The smallest absolute Gasteiger partial charge is 0.234 e. The molecule has 1 fully saturated rings. The molecular weight excluding hydrogens is 384 g/mol. The lowest BCUT2D eigenvalue weighted by atomic mass is 10.2. The van der Waals surface area contributed by atoms with Gasteiger partial charge in [-0.1, -0.05) is 12.1 Å². The Morgan fingerprint density at radius 2 is 2.21 bits per heavy atom. The van der Waals surface area contributed by atoms with Crippen LogP contribution in [0.25, 0.3) is 10.2 Å². The molecule has 29 heavy (non-hydrogen) atoms. The van der Waals surface area contributed by atoms with Crippen molar-refractivity contribution in [2.75, 3.05) is 38.1 Å². The minimum absolute atomic E-state index is 0.0534. The highest BCUT2D eigenvalue weighted by Gasteiger charge is 2.27. The number of benzene rings is 1. The minimum atomic E-state index is 0.0534. The Labute approximate surface area is 174 Å². The molecular formula is C21H26N6OS. The van der Waals surface area contributed by atoms with E-state index < -0.39 is 0 Å². The Morgan fingerprint density at radius 3 is 3.03 bits per heavy atom. The van der Waals surface area contributed by atoms with Crippen LogP contribution in [-0.4, -0.2) is 65.3 Å². The van der Waals surface area contributed by atoms with E-state index in [0.717, 1.165) is 48.7 Å². The Kier molecular flexibility index (Phi) is 6.31. The first-order valence-corrected chi connectivity index (χ1v) is 10.8. The molecule has 0 aliphatic carbocycles. The van der Waals surface area contributed by atoms with E-state index in [0.29, 0.717) is 19.1 Å². The number of carbonyl (C=O) groups is 1. The molecule has 1 aliphatic rings. The summed E-state index contributed by atoms with van der Waals surface area (Å²) in [5.74, 6) is 0.973. The number of likely N-dealkylation sites (N-methyl/N-ethyl adjacent to an activating group) is 1. The predicted octanol–water partition coefficient (Wildman–Crippen LogP) is 2.35. The van der Waals surface area contributed by atoms with Gasteiger partial charge in [-0.25, -0.2) is 4.98 Å². The minimum Gasteiger partial charge on any atom is -0.355 e.